The van der Waals surface area contributed by atoms with Gasteiger partial charge < -0.3 is 10.2 Å². The first-order valence-electron chi connectivity index (χ1n) is 8.39. The van der Waals surface area contributed by atoms with Crippen molar-refractivity contribution in [2.45, 2.75) is 19.5 Å². The van der Waals surface area contributed by atoms with E-state index in [9.17, 15) is 4.79 Å². The summed E-state index contributed by atoms with van der Waals surface area (Å²) in [6.07, 6.45) is 3.71. The number of carbonyl (C=O) groups excluding carboxylic acids is 1. The fourth-order valence-corrected chi connectivity index (χ4v) is 2.77. The summed E-state index contributed by atoms with van der Waals surface area (Å²) in [6, 6.07) is 17.1. The minimum Gasteiger partial charge on any atom is -0.331 e. The average Bonchev–Trinajstić information content (AvgIpc) is 3.11. The third-order valence-electron chi connectivity index (χ3n) is 4.13. The second kappa shape index (κ2) is 8.06. The van der Waals surface area contributed by atoms with E-state index < -0.39 is 0 Å². The summed E-state index contributed by atoms with van der Waals surface area (Å²) in [5, 5.41) is 8.03. The maximum atomic E-state index is 12.4. The summed E-state index contributed by atoms with van der Waals surface area (Å²) in [5.74, 6) is 0. The molecule has 1 heterocycles. The number of rotatable bonds is 5. The normalized spacial score (nSPS) is 11.8. The largest absolute Gasteiger partial charge is 0.331 e. The number of para-hydroxylation sites is 1. The molecule has 1 aromatic heterocycles. The van der Waals surface area contributed by atoms with Gasteiger partial charge in [-0.15, -0.1) is 0 Å². The number of amides is 2. The Bertz CT molecular complexity index is 861. The van der Waals surface area contributed by atoms with Crippen LogP contribution in [0, 0.1) is 0 Å². The lowest BCUT2D eigenvalue weighted by atomic mass is 10.1. The van der Waals surface area contributed by atoms with E-state index in [1.54, 1.807) is 22.8 Å². The highest BCUT2D eigenvalue weighted by Gasteiger charge is 2.14. The molecule has 0 saturated carbocycles. The van der Waals surface area contributed by atoms with Crippen LogP contribution in [0.4, 0.5) is 4.79 Å². The van der Waals surface area contributed by atoms with Crippen molar-refractivity contribution in [2.24, 2.45) is 0 Å². The van der Waals surface area contributed by atoms with Crippen LogP contribution in [-0.2, 0) is 6.54 Å². The highest BCUT2D eigenvalue weighted by Crippen LogP contribution is 2.16. The van der Waals surface area contributed by atoms with Crippen LogP contribution in [0.25, 0.3) is 5.69 Å². The number of hydrogen-bond donors (Lipinski definition) is 1. The highest BCUT2D eigenvalue weighted by atomic mass is 35.5. The molecule has 5 nitrogen and oxygen atoms in total. The van der Waals surface area contributed by atoms with Crippen molar-refractivity contribution in [3.05, 3.63) is 83.1 Å². The van der Waals surface area contributed by atoms with Gasteiger partial charge in [-0.05, 0) is 36.8 Å². The Morgan fingerprint density at radius 1 is 1.19 bits per heavy atom. The molecule has 0 aliphatic carbocycles. The number of nitrogens with zero attached hydrogens (tertiary/aromatic N) is 3. The predicted molar refractivity (Wildman–Crippen MR) is 103 cm³/mol. The smallest absolute Gasteiger partial charge is 0.317 e. The molecule has 6 heteroatoms. The topological polar surface area (TPSA) is 50.2 Å². The van der Waals surface area contributed by atoms with E-state index in [1.165, 1.54) is 0 Å². The van der Waals surface area contributed by atoms with E-state index in [-0.39, 0.29) is 12.1 Å². The third-order valence-corrected chi connectivity index (χ3v) is 4.39. The maximum absolute atomic E-state index is 12.4. The Kier molecular flexibility index (Phi) is 5.58. The molecule has 3 rings (SSSR count). The third kappa shape index (κ3) is 4.43. The Morgan fingerprint density at radius 3 is 2.58 bits per heavy atom. The van der Waals surface area contributed by atoms with Crippen molar-refractivity contribution in [3.8, 4) is 5.69 Å². The summed E-state index contributed by atoms with van der Waals surface area (Å²) in [7, 11) is 1.77. The quantitative estimate of drug-likeness (QED) is 0.724. The van der Waals surface area contributed by atoms with Crippen molar-refractivity contribution in [1.29, 1.82) is 0 Å². The fourth-order valence-electron chi connectivity index (χ4n) is 2.64. The molecule has 0 aliphatic heterocycles. The first kappa shape index (κ1) is 18.0. The molecule has 2 amide bonds. The van der Waals surface area contributed by atoms with Gasteiger partial charge in [0.2, 0.25) is 0 Å². The minimum absolute atomic E-state index is 0.103. The molecule has 1 atom stereocenters. The lowest BCUT2D eigenvalue weighted by molar-refractivity contribution is 0.203. The predicted octanol–water partition coefficient (Wildman–Crippen LogP) is 4.43. The SMILES string of the molecule is CC(NC(=O)N(C)Cc1cnn(-c2ccccc2)c1)c1ccc(Cl)cc1. The van der Waals surface area contributed by atoms with E-state index in [0.717, 1.165) is 16.8 Å². The number of halogens is 1. The fraction of sp³-hybridized carbons (Fsp3) is 0.200. The molecular weight excluding hydrogens is 348 g/mol. The summed E-state index contributed by atoms with van der Waals surface area (Å²) in [6.45, 7) is 2.43. The van der Waals surface area contributed by atoms with E-state index in [4.69, 9.17) is 11.6 Å². The van der Waals surface area contributed by atoms with Crippen molar-refractivity contribution < 1.29 is 4.79 Å². The number of aromatic nitrogens is 2. The molecule has 0 spiro atoms. The van der Waals surface area contributed by atoms with Crippen LogP contribution in [0.2, 0.25) is 5.02 Å². The van der Waals surface area contributed by atoms with Crippen molar-refractivity contribution in [3.63, 3.8) is 0 Å². The van der Waals surface area contributed by atoms with Gasteiger partial charge >= 0.3 is 6.03 Å². The molecule has 0 radical (unpaired) electrons. The average molecular weight is 369 g/mol. The molecule has 134 valence electrons. The van der Waals surface area contributed by atoms with Gasteiger partial charge in [0.1, 0.15) is 0 Å². The van der Waals surface area contributed by atoms with Gasteiger partial charge in [0.05, 0.1) is 24.5 Å². The number of benzene rings is 2. The monoisotopic (exact) mass is 368 g/mol. The van der Waals surface area contributed by atoms with Crippen molar-refractivity contribution in [1.82, 2.24) is 20.0 Å². The van der Waals surface area contributed by atoms with Gasteiger partial charge in [0, 0.05) is 23.8 Å². The Balaban J connectivity index is 1.59. The van der Waals surface area contributed by atoms with Crippen LogP contribution in [0.3, 0.4) is 0 Å². The van der Waals surface area contributed by atoms with E-state index in [2.05, 4.69) is 10.4 Å². The molecule has 3 aromatic rings. The molecular formula is C20H21ClN4O. The van der Waals surface area contributed by atoms with Crippen LogP contribution in [0.1, 0.15) is 24.1 Å². The molecule has 26 heavy (non-hydrogen) atoms. The molecule has 1 N–H and O–H groups in total. The van der Waals surface area contributed by atoms with Gasteiger partial charge in [-0.1, -0.05) is 41.9 Å². The second-order valence-electron chi connectivity index (χ2n) is 6.21. The number of carbonyl (C=O) groups is 1. The second-order valence-corrected chi connectivity index (χ2v) is 6.64. The maximum Gasteiger partial charge on any atom is 0.317 e. The molecule has 0 saturated heterocycles. The van der Waals surface area contributed by atoms with Crippen LogP contribution in [0.15, 0.2) is 67.0 Å². The zero-order chi connectivity index (χ0) is 18.5. The standard InChI is InChI=1S/C20H21ClN4O/c1-15(17-8-10-18(21)11-9-17)23-20(26)24(2)13-16-12-22-25(14-16)19-6-4-3-5-7-19/h3-12,14-15H,13H2,1-2H3,(H,23,26). The van der Waals surface area contributed by atoms with Gasteiger partial charge in [-0.25, -0.2) is 9.48 Å². The van der Waals surface area contributed by atoms with Gasteiger partial charge in [0.25, 0.3) is 0 Å². The number of hydrogen-bond acceptors (Lipinski definition) is 2. The van der Waals surface area contributed by atoms with Gasteiger partial charge in [0.15, 0.2) is 0 Å². The highest BCUT2D eigenvalue weighted by molar-refractivity contribution is 6.30. The van der Waals surface area contributed by atoms with Crippen LogP contribution < -0.4 is 5.32 Å². The van der Waals surface area contributed by atoms with Crippen molar-refractivity contribution >= 4 is 17.6 Å². The zero-order valence-electron chi connectivity index (χ0n) is 14.8. The zero-order valence-corrected chi connectivity index (χ0v) is 15.5. The Labute approximate surface area is 158 Å². The van der Waals surface area contributed by atoms with Crippen LogP contribution >= 0.6 is 11.6 Å². The summed E-state index contributed by atoms with van der Waals surface area (Å²) in [5.41, 5.74) is 2.96. The molecule has 1 unspecified atom stereocenters. The van der Waals surface area contributed by atoms with Gasteiger partial charge in [-0.2, -0.15) is 5.10 Å². The summed E-state index contributed by atoms with van der Waals surface area (Å²) >= 11 is 5.91. The first-order chi connectivity index (χ1) is 12.5. The molecule has 2 aromatic carbocycles. The summed E-state index contributed by atoms with van der Waals surface area (Å²) < 4.78 is 1.80. The first-order valence-corrected chi connectivity index (χ1v) is 8.77. The number of urea groups is 1. The summed E-state index contributed by atoms with van der Waals surface area (Å²) in [4.78, 5) is 14.1. The lowest BCUT2D eigenvalue weighted by Crippen LogP contribution is -2.38. The molecule has 0 aliphatic rings. The molecule has 0 bridgehead atoms. The van der Waals surface area contributed by atoms with Crippen molar-refractivity contribution in [2.75, 3.05) is 7.05 Å². The Morgan fingerprint density at radius 2 is 1.88 bits per heavy atom. The van der Waals surface area contributed by atoms with E-state index in [1.807, 2.05) is 67.7 Å². The molecule has 0 fully saturated rings. The van der Waals surface area contributed by atoms with Gasteiger partial charge in [-0.3, -0.25) is 0 Å². The minimum atomic E-state index is -0.139. The van der Waals surface area contributed by atoms with Crippen LogP contribution in [0.5, 0.6) is 0 Å². The lowest BCUT2D eigenvalue weighted by Gasteiger charge is -2.21. The Hall–Kier alpha value is -2.79. The van der Waals surface area contributed by atoms with Crippen LogP contribution in [-0.4, -0.2) is 27.8 Å². The van der Waals surface area contributed by atoms with E-state index >= 15 is 0 Å². The number of nitrogens with one attached hydrogen (secondary N) is 1. The van der Waals surface area contributed by atoms with E-state index in [0.29, 0.717) is 11.6 Å².